The lowest BCUT2D eigenvalue weighted by Gasteiger charge is -2.43. The van der Waals surface area contributed by atoms with E-state index in [0.717, 1.165) is 12.5 Å². The van der Waals surface area contributed by atoms with Crippen molar-refractivity contribution in [3.8, 4) is 0 Å². The maximum Gasteiger partial charge on any atom is 0.0302 e. The third-order valence-corrected chi connectivity index (χ3v) is 7.12. The Hall–Kier alpha value is -0.340. The van der Waals surface area contributed by atoms with Crippen LogP contribution in [0.2, 0.25) is 0 Å². The van der Waals surface area contributed by atoms with E-state index in [0.29, 0.717) is 16.9 Å². The van der Waals surface area contributed by atoms with Gasteiger partial charge in [0.25, 0.3) is 0 Å². The van der Waals surface area contributed by atoms with Gasteiger partial charge in [-0.15, -0.1) is 11.3 Å². The van der Waals surface area contributed by atoms with Crippen LogP contribution in [-0.4, -0.2) is 6.04 Å². The molecule has 0 saturated heterocycles. The molecule has 2 aliphatic carbocycles. The number of rotatable bonds is 3. The molecule has 1 N–H and O–H groups in total. The van der Waals surface area contributed by atoms with Gasteiger partial charge in [-0.05, 0) is 61.5 Å². The van der Waals surface area contributed by atoms with Crippen molar-refractivity contribution in [2.75, 3.05) is 0 Å². The molecule has 0 amide bonds. The van der Waals surface area contributed by atoms with E-state index in [2.05, 4.69) is 46.0 Å². The van der Waals surface area contributed by atoms with E-state index in [1.807, 2.05) is 11.3 Å². The Kier molecular flexibility index (Phi) is 3.10. The van der Waals surface area contributed by atoms with Crippen molar-refractivity contribution in [1.82, 2.24) is 5.32 Å². The Labute approximate surface area is 121 Å². The molecule has 1 aromatic rings. The summed E-state index contributed by atoms with van der Waals surface area (Å²) in [5, 5.41) is 3.91. The molecular weight excluding hydrogens is 250 g/mol. The largest absolute Gasteiger partial charge is 0.308 e. The standard InChI is InChI=1S/C17H27NS/c1-11-8-14(19-12(11)2)10-18-15-16(3,4)13-6-7-17(15,5)9-13/h8,13,15,18H,6-7,9-10H2,1-5H3/t13-,15?,17+/m0/s1. The Morgan fingerprint density at radius 2 is 2.05 bits per heavy atom. The molecule has 0 spiro atoms. The molecule has 19 heavy (non-hydrogen) atoms. The highest BCUT2D eigenvalue weighted by molar-refractivity contribution is 7.12. The van der Waals surface area contributed by atoms with Crippen molar-refractivity contribution >= 4 is 11.3 Å². The number of nitrogens with one attached hydrogen (secondary N) is 1. The Morgan fingerprint density at radius 3 is 2.58 bits per heavy atom. The van der Waals surface area contributed by atoms with Crippen LogP contribution in [0.5, 0.6) is 0 Å². The summed E-state index contributed by atoms with van der Waals surface area (Å²) in [6.07, 6.45) is 4.29. The maximum atomic E-state index is 3.91. The van der Waals surface area contributed by atoms with Gasteiger partial charge in [-0.3, -0.25) is 0 Å². The van der Waals surface area contributed by atoms with E-state index in [9.17, 15) is 0 Å². The summed E-state index contributed by atoms with van der Waals surface area (Å²) in [6, 6.07) is 3.04. The summed E-state index contributed by atoms with van der Waals surface area (Å²) in [7, 11) is 0. The number of thiophene rings is 1. The van der Waals surface area contributed by atoms with Gasteiger partial charge in [0.05, 0.1) is 0 Å². The van der Waals surface area contributed by atoms with Crippen LogP contribution in [0.1, 0.15) is 55.4 Å². The van der Waals surface area contributed by atoms with Crippen LogP contribution < -0.4 is 5.32 Å². The zero-order valence-electron chi connectivity index (χ0n) is 13.0. The molecule has 3 atom stereocenters. The van der Waals surface area contributed by atoms with Crippen molar-refractivity contribution < 1.29 is 0 Å². The van der Waals surface area contributed by atoms with Gasteiger partial charge in [0.1, 0.15) is 0 Å². The van der Waals surface area contributed by atoms with E-state index in [4.69, 9.17) is 0 Å². The fourth-order valence-corrected chi connectivity index (χ4v) is 5.76. The lowest BCUT2D eigenvalue weighted by Crippen LogP contribution is -2.49. The molecule has 2 bridgehead atoms. The van der Waals surface area contributed by atoms with Gasteiger partial charge in [0, 0.05) is 22.3 Å². The molecule has 2 aliphatic rings. The summed E-state index contributed by atoms with van der Waals surface area (Å²) in [5.74, 6) is 0.932. The van der Waals surface area contributed by atoms with Crippen molar-refractivity contribution in [3.05, 3.63) is 21.4 Å². The Bertz CT molecular complexity index is 463. The third kappa shape index (κ3) is 2.08. The fraction of sp³-hybridized carbons (Fsp3) is 0.765. The normalized spacial score (nSPS) is 36.1. The highest BCUT2D eigenvalue weighted by Crippen LogP contribution is 2.62. The molecule has 1 nitrogen and oxygen atoms in total. The van der Waals surface area contributed by atoms with Crippen LogP contribution in [0.4, 0.5) is 0 Å². The minimum absolute atomic E-state index is 0.467. The molecule has 1 unspecified atom stereocenters. The highest BCUT2D eigenvalue weighted by Gasteiger charge is 2.58. The molecule has 3 rings (SSSR count). The van der Waals surface area contributed by atoms with Crippen LogP contribution in [0.15, 0.2) is 6.07 Å². The maximum absolute atomic E-state index is 3.91. The van der Waals surface area contributed by atoms with Crippen molar-refractivity contribution in [2.45, 2.75) is 66.5 Å². The number of hydrogen-bond donors (Lipinski definition) is 1. The quantitative estimate of drug-likeness (QED) is 0.846. The van der Waals surface area contributed by atoms with Gasteiger partial charge in [0.15, 0.2) is 0 Å². The number of hydrogen-bond acceptors (Lipinski definition) is 2. The second-order valence-corrected chi connectivity index (χ2v) is 9.02. The van der Waals surface area contributed by atoms with Crippen LogP contribution in [0.3, 0.4) is 0 Å². The minimum Gasteiger partial charge on any atom is -0.308 e. The van der Waals surface area contributed by atoms with Gasteiger partial charge in [-0.25, -0.2) is 0 Å². The first kappa shape index (κ1) is 13.6. The van der Waals surface area contributed by atoms with E-state index in [1.165, 1.54) is 34.6 Å². The second-order valence-electron chi connectivity index (χ2n) is 7.68. The summed E-state index contributed by atoms with van der Waals surface area (Å²) >= 11 is 1.95. The zero-order valence-corrected chi connectivity index (χ0v) is 13.8. The Morgan fingerprint density at radius 1 is 1.32 bits per heavy atom. The first-order valence-corrected chi connectivity index (χ1v) is 8.44. The molecule has 2 heteroatoms. The second kappa shape index (κ2) is 4.33. The first-order chi connectivity index (χ1) is 8.83. The van der Waals surface area contributed by atoms with Gasteiger partial charge < -0.3 is 5.32 Å². The third-order valence-electron chi connectivity index (χ3n) is 5.97. The molecule has 2 fully saturated rings. The lowest BCUT2D eigenvalue weighted by molar-refractivity contribution is 0.108. The SMILES string of the molecule is Cc1cc(CNC2C(C)(C)[C@H]3CC[C@]2(C)C3)sc1C. The smallest absolute Gasteiger partial charge is 0.0302 e. The summed E-state index contributed by atoms with van der Waals surface area (Å²) in [6.45, 7) is 13.0. The van der Waals surface area contributed by atoms with Crippen molar-refractivity contribution in [3.63, 3.8) is 0 Å². The predicted octanol–water partition coefficient (Wildman–Crippen LogP) is 4.67. The van der Waals surface area contributed by atoms with Gasteiger partial charge >= 0.3 is 0 Å². The first-order valence-electron chi connectivity index (χ1n) is 7.62. The van der Waals surface area contributed by atoms with Crippen molar-refractivity contribution in [1.29, 1.82) is 0 Å². The Balaban J connectivity index is 1.73. The van der Waals surface area contributed by atoms with E-state index in [1.54, 1.807) is 0 Å². The number of aryl methyl sites for hydroxylation is 2. The van der Waals surface area contributed by atoms with Gasteiger partial charge in [-0.1, -0.05) is 20.8 Å². The van der Waals surface area contributed by atoms with Gasteiger partial charge in [0.2, 0.25) is 0 Å². The summed E-state index contributed by atoms with van der Waals surface area (Å²) in [5.41, 5.74) is 2.45. The minimum atomic E-state index is 0.467. The molecule has 0 aliphatic heterocycles. The predicted molar refractivity (Wildman–Crippen MR) is 83.6 cm³/mol. The van der Waals surface area contributed by atoms with Crippen LogP contribution in [-0.2, 0) is 6.54 Å². The van der Waals surface area contributed by atoms with Crippen LogP contribution in [0.25, 0.3) is 0 Å². The topological polar surface area (TPSA) is 12.0 Å². The van der Waals surface area contributed by atoms with Crippen LogP contribution >= 0.6 is 11.3 Å². The fourth-order valence-electron chi connectivity index (χ4n) is 4.75. The average Bonchev–Trinajstić information content (AvgIpc) is 2.89. The van der Waals surface area contributed by atoms with Crippen LogP contribution in [0, 0.1) is 30.6 Å². The summed E-state index contributed by atoms with van der Waals surface area (Å²) < 4.78 is 0. The monoisotopic (exact) mass is 277 g/mol. The van der Waals surface area contributed by atoms with E-state index >= 15 is 0 Å². The average molecular weight is 277 g/mol. The summed E-state index contributed by atoms with van der Waals surface area (Å²) in [4.78, 5) is 2.97. The van der Waals surface area contributed by atoms with E-state index in [-0.39, 0.29) is 0 Å². The van der Waals surface area contributed by atoms with Crippen molar-refractivity contribution in [2.24, 2.45) is 16.7 Å². The highest BCUT2D eigenvalue weighted by atomic mass is 32.1. The van der Waals surface area contributed by atoms with Gasteiger partial charge in [-0.2, -0.15) is 0 Å². The number of fused-ring (bicyclic) bond motifs is 2. The van der Waals surface area contributed by atoms with E-state index < -0.39 is 0 Å². The zero-order chi connectivity index (χ0) is 13.8. The lowest BCUT2D eigenvalue weighted by atomic mass is 9.68. The molecule has 1 heterocycles. The molecule has 106 valence electrons. The molecule has 1 aromatic heterocycles. The molecule has 0 aromatic carbocycles. The molecular formula is C17H27NS. The molecule has 2 saturated carbocycles. The molecule has 0 radical (unpaired) electrons.